The quantitative estimate of drug-likeness (QED) is 0.479. The van der Waals surface area contributed by atoms with Crippen LogP contribution in [0, 0.1) is 11.7 Å². The van der Waals surface area contributed by atoms with E-state index in [2.05, 4.69) is 10.1 Å². The first-order valence-corrected chi connectivity index (χ1v) is 10.8. The molecule has 34 heavy (non-hydrogen) atoms. The van der Waals surface area contributed by atoms with Gasteiger partial charge in [-0.15, -0.1) is 13.2 Å². The van der Waals surface area contributed by atoms with Gasteiger partial charge in [0.05, 0.1) is 12.6 Å². The number of halogens is 4. The molecule has 3 N–H and O–H groups in total. The summed E-state index contributed by atoms with van der Waals surface area (Å²) in [5.41, 5.74) is -0.0234. The molecule has 2 aliphatic rings. The fourth-order valence-corrected chi connectivity index (χ4v) is 3.99. The van der Waals surface area contributed by atoms with Crippen LogP contribution in [0.1, 0.15) is 24.8 Å². The van der Waals surface area contributed by atoms with Crippen LogP contribution in [0.15, 0.2) is 18.2 Å². The zero-order chi connectivity index (χ0) is 24.9. The number of carbonyl (C=O) groups excluding carboxylic acids is 2. The van der Waals surface area contributed by atoms with Crippen molar-refractivity contribution in [2.45, 2.75) is 44.3 Å². The lowest BCUT2D eigenvalue weighted by atomic mass is 9.94. The summed E-state index contributed by atoms with van der Waals surface area (Å²) >= 11 is 0. The third-order valence-electron chi connectivity index (χ3n) is 5.60. The molecule has 13 heteroatoms. The Labute approximate surface area is 193 Å². The number of alkyl halides is 3. The predicted molar refractivity (Wildman–Crippen MR) is 109 cm³/mol. The monoisotopic (exact) mass is 493 g/mol. The van der Waals surface area contributed by atoms with Gasteiger partial charge in [-0.3, -0.25) is 0 Å². The van der Waals surface area contributed by atoms with E-state index in [1.165, 1.54) is 4.90 Å². The molecular weight excluding hydrogens is 466 g/mol. The Kier molecular flexibility index (Phi) is 8.42. The van der Waals surface area contributed by atoms with E-state index >= 15 is 0 Å². The van der Waals surface area contributed by atoms with Crippen LogP contribution in [-0.2, 0) is 11.3 Å². The van der Waals surface area contributed by atoms with Gasteiger partial charge in [0.15, 0.2) is 0 Å². The van der Waals surface area contributed by atoms with E-state index in [1.807, 2.05) is 0 Å². The lowest BCUT2D eigenvalue weighted by Gasteiger charge is -2.42. The molecule has 2 unspecified atom stereocenters. The first-order chi connectivity index (χ1) is 16.1. The first-order valence-electron chi connectivity index (χ1n) is 10.8. The number of nitrogens with one attached hydrogen (secondary N) is 1. The maximum Gasteiger partial charge on any atom is 0.573 e. The largest absolute Gasteiger partial charge is 0.573 e. The number of piperidine rings is 1. The minimum atomic E-state index is -4.95. The highest BCUT2D eigenvalue weighted by Crippen LogP contribution is 2.33. The molecule has 9 nitrogen and oxygen atoms in total. The Morgan fingerprint density at radius 3 is 2.50 bits per heavy atom. The number of ether oxygens (including phenoxy) is 2. The number of aliphatic hydroxyl groups excluding tert-OH is 2. The second kappa shape index (κ2) is 11.1. The van der Waals surface area contributed by atoms with Crippen molar-refractivity contribution < 1.29 is 46.8 Å². The van der Waals surface area contributed by atoms with Crippen LogP contribution in [0.25, 0.3) is 0 Å². The van der Waals surface area contributed by atoms with Gasteiger partial charge in [-0.1, -0.05) is 6.07 Å². The maximum atomic E-state index is 14.2. The molecule has 190 valence electrons. The number of hydrogen-bond acceptors (Lipinski definition) is 6. The summed E-state index contributed by atoms with van der Waals surface area (Å²) in [6.45, 7) is -0.550. The summed E-state index contributed by atoms with van der Waals surface area (Å²) in [6, 6.07) is 1.64. The predicted octanol–water partition coefficient (Wildman–Crippen LogP) is 2.21. The van der Waals surface area contributed by atoms with Crippen molar-refractivity contribution in [2.75, 3.05) is 32.9 Å². The van der Waals surface area contributed by atoms with E-state index in [-0.39, 0.29) is 57.0 Å². The number of likely N-dealkylation sites (tertiary alicyclic amines) is 1. The smallest absolute Gasteiger partial charge is 0.447 e. The number of hydrogen-bond donors (Lipinski definition) is 3. The Balaban J connectivity index is 1.65. The molecule has 2 atom stereocenters. The molecule has 0 aromatic heterocycles. The van der Waals surface area contributed by atoms with Crippen molar-refractivity contribution in [3.63, 3.8) is 0 Å². The highest BCUT2D eigenvalue weighted by atomic mass is 19.4. The lowest BCUT2D eigenvalue weighted by molar-refractivity contribution is -0.274. The van der Waals surface area contributed by atoms with Crippen LogP contribution in [0.3, 0.4) is 0 Å². The normalized spacial score (nSPS) is 20.6. The molecular formula is C21H27F4N3O6. The molecule has 1 saturated carbocycles. The number of rotatable bonds is 8. The van der Waals surface area contributed by atoms with Gasteiger partial charge in [0.25, 0.3) is 0 Å². The fourth-order valence-electron chi connectivity index (χ4n) is 3.99. The Morgan fingerprint density at radius 1 is 1.18 bits per heavy atom. The van der Waals surface area contributed by atoms with Gasteiger partial charge in [-0.05, 0) is 25.3 Å². The van der Waals surface area contributed by atoms with E-state index in [0.717, 1.165) is 25.0 Å². The zero-order valence-corrected chi connectivity index (χ0v) is 18.3. The van der Waals surface area contributed by atoms with E-state index in [9.17, 15) is 32.3 Å². The Hall–Kier alpha value is -2.80. The van der Waals surface area contributed by atoms with E-state index < -0.39 is 36.1 Å². The van der Waals surface area contributed by atoms with Crippen LogP contribution in [0.4, 0.5) is 27.2 Å². The van der Waals surface area contributed by atoms with Gasteiger partial charge in [0.2, 0.25) is 0 Å². The molecule has 1 saturated heterocycles. The molecule has 1 aliphatic heterocycles. The molecule has 0 radical (unpaired) electrons. The Morgan fingerprint density at radius 2 is 1.91 bits per heavy atom. The number of carbonyl (C=O) groups is 2. The van der Waals surface area contributed by atoms with E-state index in [4.69, 9.17) is 9.84 Å². The summed E-state index contributed by atoms with van der Waals surface area (Å²) in [6.07, 6.45) is -3.66. The van der Waals surface area contributed by atoms with Crippen LogP contribution in [0.5, 0.6) is 5.75 Å². The van der Waals surface area contributed by atoms with Gasteiger partial charge in [-0.25, -0.2) is 14.0 Å². The third kappa shape index (κ3) is 7.10. The second-order valence-corrected chi connectivity index (χ2v) is 8.28. The third-order valence-corrected chi connectivity index (χ3v) is 5.60. The highest BCUT2D eigenvalue weighted by Gasteiger charge is 2.42. The molecule has 1 aromatic rings. The lowest BCUT2D eigenvalue weighted by Crippen LogP contribution is -2.57. The SMILES string of the molecule is O=C(OCCO)N1CC(CO)CC(N(C(=O)NCc2ccc(OC(F)(F)F)cc2F)C2CC2)C1. The summed E-state index contributed by atoms with van der Waals surface area (Å²) in [5, 5.41) is 21.1. The van der Waals surface area contributed by atoms with Crippen molar-refractivity contribution in [1.29, 1.82) is 0 Å². The molecule has 1 aromatic carbocycles. The molecule has 3 amide bonds. The molecule has 2 fully saturated rings. The number of aliphatic hydroxyl groups is 2. The molecule has 3 rings (SSSR count). The van der Waals surface area contributed by atoms with Crippen LogP contribution >= 0.6 is 0 Å². The van der Waals surface area contributed by atoms with E-state index in [1.54, 1.807) is 4.90 Å². The number of nitrogens with zero attached hydrogens (tertiary/aromatic N) is 2. The number of amides is 3. The topological polar surface area (TPSA) is 112 Å². The van der Waals surface area contributed by atoms with Crippen molar-refractivity contribution in [3.8, 4) is 5.75 Å². The van der Waals surface area contributed by atoms with Crippen molar-refractivity contribution >= 4 is 12.1 Å². The van der Waals surface area contributed by atoms with Crippen LogP contribution < -0.4 is 10.1 Å². The van der Waals surface area contributed by atoms with Gasteiger partial charge in [0, 0.05) is 49.8 Å². The highest BCUT2D eigenvalue weighted by molar-refractivity contribution is 5.75. The van der Waals surface area contributed by atoms with E-state index in [0.29, 0.717) is 12.5 Å². The second-order valence-electron chi connectivity index (χ2n) is 8.28. The van der Waals surface area contributed by atoms with Crippen LogP contribution in [0.2, 0.25) is 0 Å². The van der Waals surface area contributed by atoms with Crippen molar-refractivity contribution in [1.82, 2.24) is 15.1 Å². The minimum Gasteiger partial charge on any atom is -0.447 e. The fraction of sp³-hybridized carbons (Fsp3) is 0.619. The average molecular weight is 493 g/mol. The molecule has 0 spiro atoms. The van der Waals surface area contributed by atoms with Gasteiger partial charge in [0.1, 0.15) is 18.2 Å². The zero-order valence-electron chi connectivity index (χ0n) is 18.3. The number of benzene rings is 1. The van der Waals surface area contributed by atoms with Crippen molar-refractivity contribution in [3.05, 3.63) is 29.6 Å². The Bertz CT molecular complexity index is 867. The summed E-state index contributed by atoms with van der Waals surface area (Å²) < 4.78 is 59.8. The average Bonchev–Trinajstić information content (AvgIpc) is 3.60. The van der Waals surface area contributed by atoms with Crippen LogP contribution in [-0.4, -0.2) is 83.5 Å². The standard InChI is InChI=1S/C21H27F4N3O6/c22-18-8-17(34-21(23,24)25)4-1-14(18)9-26-19(31)28(15-2-3-15)16-7-13(12-30)10-27(11-16)20(32)33-6-5-29/h1,4,8,13,15-16,29-30H,2-3,5-7,9-12H2,(H,26,31). The first kappa shape index (κ1) is 25.8. The summed E-state index contributed by atoms with van der Waals surface area (Å²) in [7, 11) is 0. The summed E-state index contributed by atoms with van der Waals surface area (Å²) in [5.74, 6) is -1.95. The maximum absolute atomic E-state index is 14.2. The van der Waals surface area contributed by atoms with Crippen molar-refractivity contribution in [2.24, 2.45) is 5.92 Å². The molecule has 1 aliphatic carbocycles. The number of urea groups is 1. The molecule has 1 heterocycles. The molecule has 0 bridgehead atoms. The minimum absolute atomic E-state index is 0.0234. The summed E-state index contributed by atoms with van der Waals surface area (Å²) in [4.78, 5) is 28.2. The van der Waals surface area contributed by atoms with Gasteiger partial charge in [-0.2, -0.15) is 0 Å². The van der Waals surface area contributed by atoms with Gasteiger partial charge < -0.3 is 34.8 Å². The van der Waals surface area contributed by atoms with Gasteiger partial charge >= 0.3 is 18.5 Å².